The van der Waals surface area contributed by atoms with Crippen molar-refractivity contribution < 1.29 is 18.1 Å². The summed E-state index contributed by atoms with van der Waals surface area (Å²) in [5.41, 5.74) is 0. The van der Waals surface area contributed by atoms with E-state index in [2.05, 4.69) is 0 Å². The third kappa shape index (κ3) is 3.45. The fourth-order valence-electron chi connectivity index (χ4n) is 1.27. The van der Waals surface area contributed by atoms with Gasteiger partial charge in [-0.25, -0.2) is 4.57 Å². The zero-order valence-electron chi connectivity index (χ0n) is 8.69. The maximum absolute atomic E-state index is 11.9. The fourth-order valence-corrected chi connectivity index (χ4v) is 2.54. The first kappa shape index (κ1) is 11.8. The lowest BCUT2D eigenvalue weighted by atomic mass is 10.4. The predicted octanol–water partition coefficient (Wildman–Crippen LogP) is 3.25. The van der Waals surface area contributed by atoms with Crippen molar-refractivity contribution in [1.29, 1.82) is 0 Å². The van der Waals surface area contributed by atoms with Gasteiger partial charge in [0.15, 0.2) is 0 Å². The average Bonchev–Trinajstić information content (AvgIpc) is 2.57. The van der Waals surface area contributed by atoms with Crippen LogP contribution >= 0.6 is 7.82 Å². The molecule has 1 aliphatic carbocycles. The van der Waals surface area contributed by atoms with Crippen LogP contribution in [0.3, 0.4) is 0 Å². The Bertz CT molecular complexity index is 239. The van der Waals surface area contributed by atoms with Gasteiger partial charge in [0, 0.05) is 6.42 Å². The Hall–Kier alpha value is -0.310. The van der Waals surface area contributed by atoms with Crippen molar-refractivity contribution in [3.8, 4) is 0 Å². The van der Waals surface area contributed by atoms with Crippen molar-refractivity contribution in [3.05, 3.63) is 11.8 Å². The minimum absolute atomic E-state index is 0.324. The lowest BCUT2D eigenvalue weighted by Crippen LogP contribution is -1.99. The van der Waals surface area contributed by atoms with Crippen LogP contribution in [0.1, 0.15) is 33.1 Å². The summed E-state index contributed by atoms with van der Waals surface area (Å²) in [6.45, 7) is 4.17. The molecule has 0 aromatic rings. The molecule has 0 radical (unpaired) electrons. The number of allylic oxidation sites excluding steroid dienone is 2. The van der Waals surface area contributed by atoms with Crippen molar-refractivity contribution in [2.45, 2.75) is 33.1 Å². The number of phosphoric ester groups is 1. The summed E-state index contributed by atoms with van der Waals surface area (Å²) < 4.78 is 27.1. The zero-order valence-corrected chi connectivity index (χ0v) is 9.59. The van der Waals surface area contributed by atoms with Gasteiger partial charge >= 0.3 is 7.82 Å². The summed E-state index contributed by atoms with van der Waals surface area (Å²) in [5.74, 6) is 0.732. The van der Waals surface area contributed by atoms with E-state index in [4.69, 9.17) is 13.6 Å². The molecule has 0 bridgehead atoms. The van der Waals surface area contributed by atoms with E-state index in [0.29, 0.717) is 13.2 Å². The number of hydrogen-bond donors (Lipinski definition) is 0. The van der Waals surface area contributed by atoms with Gasteiger partial charge < -0.3 is 4.52 Å². The fraction of sp³-hybridized carbons (Fsp3) is 0.778. The number of phosphoric acid groups is 1. The molecule has 0 spiro atoms. The van der Waals surface area contributed by atoms with Gasteiger partial charge in [0.25, 0.3) is 0 Å². The Kier molecular flexibility index (Phi) is 4.66. The molecule has 1 rings (SSSR count). The summed E-state index contributed by atoms with van der Waals surface area (Å²) in [4.78, 5) is 0. The Balaban J connectivity index is 2.53. The molecular weight excluding hydrogens is 203 g/mol. The summed E-state index contributed by atoms with van der Waals surface area (Å²) in [5, 5.41) is 0. The largest absolute Gasteiger partial charge is 0.529 e. The number of hydrogen-bond acceptors (Lipinski definition) is 4. The van der Waals surface area contributed by atoms with Gasteiger partial charge in [0.05, 0.1) is 13.2 Å². The molecule has 0 aliphatic heterocycles. The first-order valence-electron chi connectivity index (χ1n) is 4.98. The average molecular weight is 220 g/mol. The lowest BCUT2D eigenvalue weighted by molar-refractivity contribution is 0.144. The lowest BCUT2D eigenvalue weighted by Gasteiger charge is -2.17. The van der Waals surface area contributed by atoms with Crippen molar-refractivity contribution in [2.75, 3.05) is 13.2 Å². The van der Waals surface area contributed by atoms with E-state index >= 15 is 0 Å². The molecule has 0 amide bonds. The second-order valence-corrected chi connectivity index (χ2v) is 4.53. The van der Waals surface area contributed by atoms with Crippen LogP contribution in [0.2, 0.25) is 0 Å². The van der Waals surface area contributed by atoms with Gasteiger partial charge in [-0.15, -0.1) is 0 Å². The van der Waals surface area contributed by atoms with E-state index < -0.39 is 7.82 Å². The molecule has 5 heteroatoms. The molecular formula is C9H17O4P. The molecule has 0 saturated heterocycles. The first-order chi connectivity index (χ1) is 6.70. The molecule has 4 nitrogen and oxygen atoms in total. The molecule has 0 fully saturated rings. The van der Waals surface area contributed by atoms with E-state index in [-0.39, 0.29) is 0 Å². The van der Waals surface area contributed by atoms with Gasteiger partial charge in [-0.2, -0.15) is 0 Å². The van der Waals surface area contributed by atoms with Crippen LogP contribution in [-0.4, -0.2) is 13.2 Å². The van der Waals surface area contributed by atoms with Crippen LogP contribution in [0.25, 0.3) is 0 Å². The molecule has 14 heavy (non-hydrogen) atoms. The summed E-state index contributed by atoms with van der Waals surface area (Å²) in [6.07, 6.45) is 4.79. The maximum Gasteiger partial charge on any atom is 0.529 e. The first-order valence-corrected chi connectivity index (χ1v) is 6.44. The van der Waals surface area contributed by atoms with Gasteiger partial charge in [0.2, 0.25) is 0 Å². The molecule has 0 unspecified atom stereocenters. The van der Waals surface area contributed by atoms with Crippen molar-refractivity contribution in [1.82, 2.24) is 0 Å². The highest BCUT2D eigenvalue weighted by Gasteiger charge is 2.28. The monoisotopic (exact) mass is 220 g/mol. The highest BCUT2D eigenvalue weighted by Crippen LogP contribution is 2.52. The molecule has 1 aliphatic rings. The van der Waals surface area contributed by atoms with E-state index in [1.54, 1.807) is 13.8 Å². The molecule has 0 aromatic heterocycles. The van der Waals surface area contributed by atoms with Crippen LogP contribution in [0.15, 0.2) is 11.8 Å². The molecule has 0 aromatic carbocycles. The normalized spacial score (nSPS) is 16.9. The Morgan fingerprint density at radius 2 is 2.00 bits per heavy atom. The molecule has 0 heterocycles. The third-order valence-corrected chi connectivity index (χ3v) is 3.41. The third-order valence-electron chi connectivity index (χ3n) is 1.80. The number of rotatable bonds is 6. The topological polar surface area (TPSA) is 44.8 Å². The second-order valence-electron chi connectivity index (χ2n) is 2.94. The van der Waals surface area contributed by atoms with Crippen molar-refractivity contribution in [2.24, 2.45) is 0 Å². The van der Waals surface area contributed by atoms with E-state index in [9.17, 15) is 4.57 Å². The van der Waals surface area contributed by atoms with Gasteiger partial charge in [-0.3, -0.25) is 9.05 Å². The van der Waals surface area contributed by atoms with Crippen LogP contribution in [-0.2, 0) is 18.1 Å². The SMILES string of the molecule is CCOP(=O)(OCC)OC1=CCCC1. The van der Waals surface area contributed by atoms with Crippen LogP contribution in [0, 0.1) is 0 Å². The van der Waals surface area contributed by atoms with Crippen molar-refractivity contribution >= 4 is 7.82 Å². The van der Waals surface area contributed by atoms with E-state index in [0.717, 1.165) is 25.0 Å². The van der Waals surface area contributed by atoms with Gasteiger partial charge in [-0.05, 0) is 32.8 Å². The van der Waals surface area contributed by atoms with Gasteiger partial charge in [-0.1, -0.05) is 0 Å². The highest BCUT2D eigenvalue weighted by molar-refractivity contribution is 7.48. The minimum Gasteiger partial charge on any atom is -0.409 e. The van der Waals surface area contributed by atoms with E-state index in [1.165, 1.54) is 0 Å². The van der Waals surface area contributed by atoms with Crippen LogP contribution in [0.4, 0.5) is 0 Å². The quantitative estimate of drug-likeness (QED) is 0.644. The molecule has 0 atom stereocenters. The highest BCUT2D eigenvalue weighted by atomic mass is 31.2. The minimum atomic E-state index is -3.34. The summed E-state index contributed by atoms with van der Waals surface area (Å²) in [7, 11) is -3.34. The summed E-state index contributed by atoms with van der Waals surface area (Å²) in [6, 6.07) is 0. The van der Waals surface area contributed by atoms with Crippen LogP contribution < -0.4 is 0 Å². The van der Waals surface area contributed by atoms with Crippen molar-refractivity contribution in [3.63, 3.8) is 0 Å². The Morgan fingerprint density at radius 1 is 1.36 bits per heavy atom. The zero-order chi connectivity index (χ0) is 10.4. The smallest absolute Gasteiger partial charge is 0.409 e. The Morgan fingerprint density at radius 3 is 2.43 bits per heavy atom. The van der Waals surface area contributed by atoms with E-state index in [1.807, 2.05) is 6.08 Å². The Labute approximate surface area is 84.9 Å². The molecule has 0 saturated carbocycles. The maximum atomic E-state index is 11.9. The second kappa shape index (κ2) is 5.54. The van der Waals surface area contributed by atoms with Crippen LogP contribution in [0.5, 0.6) is 0 Å². The summed E-state index contributed by atoms with van der Waals surface area (Å²) >= 11 is 0. The standard InChI is InChI=1S/C9H17O4P/c1-3-11-14(10,12-4-2)13-9-7-5-6-8-9/h7H,3-6,8H2,1-2H3. The molecule has 0 N–H and O–H groups in total. The predicted molar refractivity (Wildman–Crippen MR) is 53.9 cm³/mol. The van der Waals surface area contributed by atoms with Gasteiger partial charge in [0.1, 0.15) is 5.76 Å². The molecule has 82 valence electrons.